The molecule has 0 radical (unpaired) electrons. The Labute approximate surface area is 148 Å². The van der Waals surface area contributed by atoms with Crippen molar-refractivity contribution in [2.24, 2.45) is 0 Å². The maximum absolute atomic E-state index is 12.6. The Morgan fingerprint density at radius 1 is 0.920 bits per heavy atom. The smallest absolute Gasteiger partial charge is 0.258 e. The summed E-state index contributed by atoms with van der Waals surface area (Å²) < 4.78 is 51.4. The summed E-state index contributed by atoms with van der Waals surface area (Å²) >= 11 is 0. The average molecular weight is 377 g/mol. The number of anilines is 1. The number of nitrogens with one attached hydrogen (secondary N) is 1. The van der Waals surface area contributed by atoms with Crippen molar-refractivity contribution in [2.75, 3.05) is 10.5 Å². The standard InChI is InChI=1S/C18H19NO4S2/c1-2-24(20,21)17-11-8-16(9-12-17)19-25(22,23)18-10-7-14-5-3-4-6-15(14)13-18/h3-6,8-9,11-13,19H,2,7,10H2,1H3. The predicted molar refractivity (Wildman–Crippen MR) is 99.5 cm³/mol. The third-order valence-corrected chi connectivity index (χ3v) is 7.47. The molecule has 2 aromatic carbocycles. The van der Waals surface area contributed by atoms with Crippen LogP contribution < -0.4 is 4.72 Å². The molecule has 0 amide bonds. The van der Waals surface area contributed by atoms with Crippen LogP contribution in [0.25, 0.3) is 6.08 Å². The van der Waals surface area contributed by atoms with E-state index >= 15 is 0 Å². The van der Waals surface area contributed by atoms with Crippen LogP contribution in [-0.2, 0) is 26.3 Å². The third-order valence-electron chi connectivity index (χ3n) is 4.20. The van der Waals surface area contributed by atoms with Gasteiger partial charge in [0.25, 0.3) is 10.0 Å². The van der Waals surface area contributed by atoms with Gasteiger partial charge in [-0.2, -0.15) is 0 Å². The molecule has 1 aliphatic rings. The van der Waals surface area contributed by atoms with Crippen LogP contribution in [-0.4, -0.2) is 22.6 Å². The number of fused-ring (bicyclic) bond motifs is 1. The first kappa shape index (κ1) is 17.7. The largest absolute Gasteiger partial charge is 0.280 e. The van der Waals surface area contributed by atoms with E-state index in [1.54, 1.807) is 13.0 Å². The maximum Gasteiger partial charge on any atom is 0.258 e. The zero-order valence-electron chi connectivity index (χ0n) is 13.8. The number of rotatable bonds is 5. The van der Waals surface area contributed by atoms with Crippen LogP contribution in [0, 0.1) is 0 Å². The van der Waals surface area contributed by atoms with Gasteiger partial charge in [0.1, 0.15) is 0 Å². The SMILES string of the molecule is CCS(=O)(=O)c1ccc(NS(=O)(=O)C2=Cc3ccccc3CC2)cc1. The summed E-state index contributed by atoms with van der Waals surface area (Å²) in [5, 5.41) is 0. The highest BCUT2D eigenvalue weighted by molar-refractivity contribution is 7.96. The predicted octanol–water partition coefficient (Wildman–Crippen LogP) is 3.21. The summed E-state index contributed by atoms with van der Waals surface area (Å²) in [7, 11) is -6.97. The van der Waals surface area contributed by atoms with E-state index in [0.717, 1.165) is 11.1 Å². The Hall–Kier alpha value is -2.12. The number of aryl methyl sites for hydroxylation is 1. The van der Waals surface area contributed by atoms with Crippen LogP contribution >= 0.6 is 0 Å². The van der Waals surface area contributed by atoms with Crippen LogP contribution in [0.15, 0.2) is 58.3 Å². The highest BCUT2D eigenvalue weighted by Crippen LogP contribution is 2.28. The van der Waals surface area contributed by atoms with Gasteiger partial charge in [-0.1, -0.05) is 31.2 Å². The summed E-state index contributed by atoms with van der Waals surface area (Å²) in [6.45, 7) is 1.57. The second kappa shape index (κ2) is 6.65. The summed E-state index contributed by atoms with van der Waals surface area (Å²) in [5.41, 5.74) is 2.39. The second-order valence-corrected chi connectivity index (χ2v) is 9.86. The molecule has 2 aromatic rings. The summed E-state index contributed by atoms with van der Waals surface area (Å²) in [6.07, 6.45) is 2.81. The van der Waals surface area contributed by atoms with Crippen LogP contribution in [0.5, 0.6) is 0 Å². The van der Waals surface area contributed by atoms with E-state index in [2.05, 4.69) is 4.72 Å². The van der Waals surface area contributed by atoms with E-state index < -0.39 is 19.9 Å². The number of hydrogen-bond donors (Lipinski definition) is 1. The van der Waals surface area contributed by atoms with E-state index in [9.17, 15) is 16.8 Å². The normalized spacial score (nSPS) is 14.5. The number of sulfonamides is 1. The van der Waals surface area contributed by atoms with Crippen molar-refractivity contribution < 1.29 is 16.8 Å². The highest BCUT2D eigenvalue weighted by Gasteiger charge is 2.22. The lowest BCUT2D eigenvalue weighted by Gasteiger charge is -2.17. The lowest BCUT2D eigenvalue weighted by molar-refractivity contribution is 0.597. The molecule has 0 aliphatic heterocycles. The van der Waals surface area contributed by atoms with E-state index in [1.165, 1.54) is 24.3 Å². The third kappa shape index (κ3) is 3.77. The van der Waals surface area contributed by atoms with Gasteiger partial charge in [0.15, 0.2) is 9.84 Å². The quantitative estimate of drug-likeness (QED) is 0.868. The van der Waals surface area contributed by atoms with E-state index in [-0.39, 0.29) is 10.6 Å². The van der Waals surface area contributed by atoms with Gasteiger partial charge in [-0.3, -0.25) is 4.72 Å². The molecule has 1 aliphatic carbocycles. The van der Waals surface area contributed by atoms with Crippen LogP contribution in [0.1, 0.15) is 24.5 Å². The fraction of sp³-hybridized carbons (Fsp3) is 0.222. The first-order valence-electron chi connectivity index (χ1n) is 7.96. The van der Waals surface area contributed by atoms with Crippen molar-refractivity contribution in [3.63, 3.8) is 0 Å². The summed E-state index contributed by atoms with van der Waals surface area (Å²) in [5.74, 6) is 0.00433. The minimum absolute atomic E-state index is 0.00433. The number of benzene rings is 2. The zero-order chi connectivity index (χ0) is 18.1. The topological polar surface area (TPSA) is 80.3 Å². The average Bonchev–Trinajstić information content (AvgIpc) is 2.61. The Bertz CT molecular complexity index is 1020. The molecule has 0 spiro atoms. The molecular formula is C18H19NO4S2. The van der Waals surface area contributed by atoms with Crippen molar-refractivity contribution in [1.82, 2.24) is 0 Å². The molecule has 1 N–H and O–H groups in total. The van der Waals surface area contributed by atoms with Crippen molar-refractivity contribution >= 4 is 31.6 Å². The maximum atomic E-state index is 12.6. The van der Waals surface area contributed by atoms with Gasteiger partial charge in [0.2, 0.25) is 0 Å². The van der Waals surface area contributed by atoms with Crippen molar-refractivity contribution in [3.05, 3.63) is 64.6 Å². The van der Waals surface area contributed by atoms with Gasteiger partial charge >= 0.3 is 0 Å². The van der Waals surface area contributed by atoms with Gasteiger partial charge < -0.3 is 0 Å². The lowest BCUT2D eigenvalue weighted by Crippen LogP contribution is -2.17. The molecule has 0 bridgehead atoms. The first-order valence-corrected chi connectivity index (χ1v) is 11.1. The molecule has 0 saturated heterocycles. The molecule has 0 unspecified atom stereocenters. The Balaban J connectivity index is 1.84. The van der Waals surface area contributed by atoms with Crippen molar-refractivity contribution in [2.45, 2.75) is 24.7 Å². The van der Waals surface area contributed by atoms with Crippen LogP contribution in [0.4, 0.5) is 5.69 Å². The Morgan fingerprint density at radius 2 is 1.60 bits per heavy atom. The number of sulfone groups is 1. The fourth-order valence-electron chi connectivity index (χ4n) is 2.74. The Kier molecular flexibility index (Phi) is 4.71. The monoisotopic (exact) mass is 377 g/mol. The highest BCUT2D eigenvalue weighted by atomic mass is 32.2. The number of hydrogen-bond acceptors (Lipinski definition) is 4. The van der Waals surface area contributed by atoms with E-state index in [4.69, 9.17) is 0 Å². The van der Waals surface area contributed by atoms with Crippen LogP contribution in [0.3, 0.4) is 0 Å². The van der Waals surface area contributed by atoms with Gasteiger partial charge in [0, 0.05) is 5.69 Å². The fourth-order valence-corrected chi connectivity index (χ4v) is 4.85. The molecule has 0 fully saturated rings. The first-order chi connectivity index (χ1) is 11.8. The molecule has 7 heteroatoms. The molecule has 132 valence electrons. The molecule has 0 aromatic heterocycles. The Morgan fingerprint density at radius 3 is 2.28 bits per heavy atom. The van der Waals surface area contributed by atoms with Crippen molar-refractivity contribution in [3.8, 4) is 0 Å². The molecular weight excluding hydrogens is 358 g/mol. The second-order valence-electron chi connectivity index (χ2n) is 5.84. The minimum atomic E-state index is -3.67. The molecule has 25 heavy (non-hydrogen) atoms. The summed E-state index contributed by atoms with van der Waals surface area (Å²) in [6, 6.07) is 13.5. The molecule has 0 heterocycles. The van der Waals surface area contributed by atoms with Crippen molar-refractivity contribution in [1.29, 1.82) is 0 Å². The molecule has 3 rings (SSSR count). The lowest BCUT2D eigenvalue weighted by atomic mass is 9.98. The number of allylic oxidation sites excluding steroid dienone is 1. The molecule has 0 atom stereocenters. The zero-order valence-corrected chi connectivity index (χ0v) is 15.4. The van der Waals surface area contributed by atoms with E-state index in [1.807, 2.05) is 24.3 Å². The van der Waals surface area contributed by atoms with Gasteiger partial charge in [-0.05, 0) is 54.3 Å². The summed E-state index contributed by atoms with van der Waals surface area (Å²) in [4.78, 5) is 0.514. The van der Waals surface area contributed by atoms with Gasteiger partial charge in [0.05, 0.1) is 15.6 Å². The van der Waals surface area contributed by atoms with Gasteiger partial charge in [-0.25, -0.2) is 16.8 Å². The molecule has 0 saturated carbocycles. The van der Waals surface area contributed by atoms with E-state index in [0.29, 0.717) is 23.4 Å². The van der Waals surface area contributed by atoms with Crippen LogP contribution in [0.2, 0.25) is 0 Å². The minimum Gasteiger partial charge on any atom is -0.280 e. The van der Waals surface area contributed by atoms with Gasteiger partial charge in [-0.15, -0.1) is 0 Å². The molecule has 5 nitrogen and oxygen atoms in total.